The molecule has 0 amide bonds. The third-order valence-electron chi connectivity index (χ3n) is 3.46. The first-order valence-corrected chi connectivity index (χ1v) is 6.98. The van der Waals surface area contributed by atoms with Gasteiger partial charge in [-0.25, -0.2) is 4.98 Å². The number of nitrogens with one attached hydrogen (secondary N) is 1. The Balaban J connectivity index is 2.15. The van der Waals surface area contributed by atoms with E-state index in [1.807, 2.05) is 6.20 Å². The smallest absolute Gasteiger partial charge is 0.106 e. The van der Waals surface area contributed by atoms with E-state index in [-0.39, 0.29) is 0 Å². The zero-order valence-electron chi connectivity index (χ0n) is 12.1. The summed E-state index contributed by atoms with van der Waals surface area (Å²) in [7, 11) is 0. The van der Waals surface area contributed by atoms with E-state index >= 15 is 0 Å². The van der Waals surface area contributed by atoms with Gasteiger partial charge in [-0.3, -0.25) is 0 Å². The topological polar surface area (TPSA) is 29.9 Å². The molecule has 0 aliphatic heterocycles. The van der Waals surface area contributed by atoms with E-state index in [1.54, 1.807) is 0 Å². The van der Waals surface area contributed by atoms with Gasteiger partial charge in [-0.1, -0.05) is 31.2 Å². The summed E-state index contributed by atoms with van der Waals surface area (Å²) in [5, 5.41) is 3.44. The number of hydrogen-bond donors (Lipinski definition) is 1. The van der Waals surface area contributed by atoms with Gasteiger partial charge in [-0.15, -0.1) is 0 Å². The highest BCUT2D eigenvalue weighted by Crippen LogP contribution is 2.13. The SMILES string of the molecule is CCCNCc1cnc(C)n1Cc1ccccc1C. The zero-order valence-corrected chi connectivity index (χ0v) is 12.1. The average molecular weight is 257 g/mol. The highest BCUT2D eigenvalue weighted by molar-refractivity contribution is 5.26. The maximum absolute atomic E-state index is 4.44. The molecule has 0 aliphatic carbocycles. The number of nitrogens with zero attached hydrogens (tertiary/aromatic N) is 2. The molecule has 0 bridgehead atoms. The van der Waals surface area contributed by atoms with Crippen LogP contribution >= 0.6 is 0 Å². The Kier molecular flexibility index (Phi) is 4.74. The Morgan fingerprint density at radius 2 is 2.00 bits per heavy atom. The highest BCUT2D eigenvalue weighted by Gasteiger charge is 2.07. The minimum absolute atomic E-state index is 0.889. The van der Waals surface area contributed by atoms with Gasteiger partial charge in [0.1, 0.15) is 5.82 Å². The van der Waals surface area contributed by atoms with Gasteiger partial charge in [-0.05, 0) is 37.9 Å². The zero-order chi connectivity index (χ0) is 13.7. The quantitative estimate of drug-likeness (QED) is 0.806. The number of benzene rings is 1. The fourth-order valence-electron chi connectivity index (χ4n) is 2.22. The Hall–Kier alpha value is -1.61. The van der Waals surface area contributed by atoms with Crippen LogP contribution in [0, 0.1) is 13.8 Å². The van der Waals surface area contributed by atoms with Crippen molar-refractivity contribution >= 4 is 0 Å². The molecule has 3 nitrogen and oxygen atoms in total. The summed E-state index contributed by atoms with van der Waals surface area (Å²) >= 11 is 0. The Morgan fingerprint density at radius 3 is 2.74 bits per heavy atom. The molecule has 3 heteroatoms. The van der Waals surface area contributed by atoms with E-state index in [0.717, 1.165) is 31.9 Å². The lowest BCUT2D eigenvalue weighted by molar-refractivity contribution is 0.622. The van der Waals surface area contributed by atoms with Crippen LogP contribution in [0.2, 0.25) is 0 Å². The third kappa shape index (κ3) is 3.44. The van der Waals surface area contributed by atoms with Crippen molar-refractivity contribution in [3.63, 3.8) is 0 Å². The number of aryl methyl sites for hydroxylation is 2. The fourth-order valence-corrected chi connectivity index (χ4v) is 2.22. The number of imidazole rings is 1. The second-order valence-electron chi connectivity index (χ2n) is 4.99. The molecule has 1 heterocycles. The van der Waals surface area contributed by atoms with E-state index in [4.69, 9.17) is 0 Å². The lowest BCUT2D eigenvalue weighted by atomic mass is 10.1. The van der Waals surface area contributed by atoms with Crippen molar-refractivity contribution in [3.05, 3.63) is 53.1 Å². The summed E-state index contributed by atoms with van der Waals surface area (Å²) in [6.07, 6.45) is 3.14. The van der Waals surface area contributed by atoms with E-state index in [0.29, 0.717) is 0 Å². The lowest BCUT2D eigenvalue weighted by Crippen LogP contribution is -2.17. The maximum atomic E-state index is 4.44. The van der Waals surface area contributed by atoms with E-state index < -0.39 is 0 Å². The molecular weight excluding hydrogens is 234 g/mol. The van der Waals surface area contributed by atoms with Crippen LogP contribution in [0.4, 0.5) is 0 Å². The molecule has 1 aromatic heterocycles. The molecule has 0 unspecified atom stereocenters. The third-order valence-corrected chi connectivity index (χ3v) is 3.46. The van der Waals surface area contributed by atoms with Crippen LogP contribution in [0.1, 0.15) is 36.0 Å². The van der Waals surface area contributed by atoms with Crippen molar-refractivity contribution in [1.82, 2.24) is 14.9 Å². The van der Waals surface area contributed by atoms with Crippen LogP contribution in [-0.2, 0) is 13.1 Å². The summed E-state index contributed by atoms with van der Waals surface area (Å²) in [5.41, 5.74) is 3.96. The highest BCUT2D eigenvalue weighted by atomic mass is 15.1. The monoisotopic (exact) mass is 257 g/mol. The van der Waals surface area contributed by atoms with Crippen LogP contribution < -0.4 is 5.32 Å². The van der Waals surface area contributed by atoms with Crippen molar-refractivity contribution in [3.8, 4) is 0 Å². The molecule has 0 spiro atoms. The van der Waals surface area contributed by atoms with Gasteiger partial charge in [0.05, 0.1) is 5.69 Å². The van der Waals surface area contributed by atoms with E-state index in [1.165, 1.54) is 16.8 Å². The molecule has 0 radical (unpaired) electrons. The van der Waals surface area contributed by atoms with Gasteiger partial charge in [-0.2, -0.15) is 0 Å². The molecule has 2 rings (SSSR count). The summed E-state index contributed by atoms with van der Waals surface area (Å²) in [6.45, 7) is 9.26. The van der Waals surface area contributed by atoms with Gasteiger partial charge in [0.25, 0.3) is 0 Å². The predicted octanol–water partition coefficient (Wildman–Crippen LogP) is 3.05. The summed E-state index contributed by atoms with van der Waals surface area (Å²) in [6, 6.07) is 8.54. The van der Waals surface area contributed by atoms with E-state index in [9.17, 15) is 0 Å². The average Bonchev–Trinajstić information content (AvgIpc) is 2.74. The Labute approximate surface area is 115 Å². The molecule has 19 heavy (non-hydrogen) atoms. The second kappa shape index (κ2) is 6.53. The number of aromatic nitrogens is 2. The van der Waals surface area contributed by atoms with Gasteiger partial charge < -0.3 is 9.88 Å². The Bertz CT molecular complexity index is 529. The second-order valence-corrected chi connectivity index (χ2v) is 4.99. The molecule has 0 aliphatic rings. The van der Waals surface area contributed by atoms with Crippen molar-refractivity contribution in [2.45, 2.75) is 40.3 Å². The number of rotatable bonds is 6. The fraction of sp³-hybridized carbons (Fsp3) is 0.438. The molecule has 0 fully saturated rings. The first-order chi connectivity index (χ1) is 9.22. The van der Waals surface area contributed by atoms with Crippen LogP contribution in [0.15, 0.2) is 30.5 Å². The maximum Gasteiger partial charge on any atom is 0.106 e. The van der Waals surface area contributed by atoms with E-state index in [2.05, 4.69) is 59.9 Å². The minimum Gasteiger partial charge on any atom is -0.327 e. The molecular formula is C16H23N3. The number of hydrogen-bond acceptors (Lipinski definition) is 2. The molecule has 102 valence electrons. The molecule has 1 N–H and O–H groups in total. The van der Waals surface area contributed by atoms with Crippen LogP contribution in [-0.4, -0.2) is 16.1 Å². The summed E-state index contributed by atoms with van der Waals surface area (Å²) < 4.78 is 2.30. The van der Waals surface area contributed by atoms with Gasteiger partial charge in [0.15, 0.2) is 0 Å². The van der Waals surface area contributed by atoms with Crippen LogP contribution in [0.25, 0.3) is 0 Å². The van der Waals surface area contributed by atoms with Crippen LogP contribution in [0.5, 0.6) is 0 Å². The standard InChI is InChI=1S/C16H23N3/c1-4-9-17-10-16-11-18-14(3)19(16)12-15-8-6-5-7-13(15)2/h5-8,11,17H,4,9-10,12H2,1-3H3. The molecule has 1 aromatic carbocycles. The van der Waals surface area contributed by atoms with Gasteiger partial charge in [0.2, 0.25) is 0 Å². The van der Waals surface area contributed by atoms with Gasteiger partial charge >= 0.3 is 0 Å². The summed E-state index contributed by atoms with van der Waals surface area (Å²) in [5.74, 6) is 1.08. The van der Waals surface area contributed by atoms with Crippen LogP contribution in [0.3, 0.4) is 0 Å². The van der Waals surface area contributed by atoms with Crippen molar-refractivity contribution in [2.24, 2.45) is 0 Å². The van der Waals surface area contributed by atoms with Crippen molar-refractivity contribution < 1.29 is 0 Å². The largest absolute Gasteiger partial charge is 0.327 e. The predicted molar refractivity (Wildman–Crippen MR) is 79.2 cm³/mol. The molecule has 2 aromatic rings. The van der Waals surface area contributed by atoms with Crippen molar-refractivity contribution in [2.75, 3.05) is 6.54 Å². The first kappa shape index (κ1) is 13.8. The minimum atomic E-state index is 0.889. The Morgan fingerprint density at radius 1 is 1.21 bits per heavy atom. The van der Waals surface area contributed by atoms with Gasteiger partial charge in [0, 0.05) is 19.3 Å². The normalized spacial score (nSPS) is 10.9. The van der Waals surface area contributed by atoms with Crippen molar-refractivity contribution in [1.29, 1.82) is 0 Å². The molecule has 0 saturated heterocycles. The molecule has 0 saturated carbocycles. The lowest BCUT2D eigenvalue weighted by Gasteiger charge is -2.12. The summed E-state index contributed by atoms with van der Waals surface area (Å²) in [4.78, 5) is 4.44. The molecule has 0 atom stereocenters. The first-order valence-electron chi connectivity index (χ1n) is 6.98.